The number of halogens is 1. The molecule has 0 amide bonds. The molecule has 0 spiro atoms. The molecule has 0 bridgehead atoms. The van der Waals surface area contributed by atoms with E-state index < -0.39 is 6.10 Å². The van der Waals surface area contributed by atoms with Gasteiger partial charge < -0.3 is 14.9 Å². The molecule has 3 nitrogen and oxygen atoms in total. The van der Waals surface area contributed by atoms with Crippen LogP contribution in [0.1, 0.15) is 0 Å². The predicted octanol–water partition coefficient (Wildman–Crippen LogP) is -0.251. The van der Waals surface area contributed by atoms with Crippen LogP contribution in [0.15, 0.2) is 0 Å². The van der Waals surface area contributed by atoms with Gasteiger partial charge in [0.2, 0.25) is 0 Å². The van der Waals surface area contributed by atoms with Crippen molar-refractivity contribution in [3.63, 3.8) is 0 Å². The van der Waals surface area contributed by atoms with Crippen molar-refractivity contribution < 1.29 is 14.9 Å². The normalized spacial score (nSPS) is 10.5. The lowest BCUT2D eigenvalue weighted by molar-refractivity contribution is 0.00576. The number of hydrogen-bond acceptors (Lipinski definition) is 3. The van der Waals surface area contributed by atoms with Gasteiger partial charge in [-0.2, -0.15) is 0 Å². The van der Waals surface area contributed by atoms with Gasteiger partial charge in [0, 0.05) is 0 Å². The fraction of sp³-hybridized carbons (Fsp3) is 1.00. The minimum Gasteiger partial charge on any atom is -0.394 e. The van der Waals surface area contributed by atoms with E-state index in [9.17, 15) is 0 Å². The van der Waals surface area contributed by atoms with E-state index >= 15 is 0 Å². The Bertz CT molecular complexity index is 46.5. The van der Waals surface area contributed by atoms with Crippen LogP contribution in [0.5, 0.6) is 0 Å². The molecule has 8 heavy (non-hydrogen) atoms. The fourth-order valence-electron chi connectivity index (χ4n) is 0.252. The first-order valence-corrected chi connectivity index (χ1v) is 3.77. The minimum atomic E-state index is -0.396. The van der Waals surface area contributed by atoms with Crippen LogP contribution >= 0.6 is 22.6 Å². The smallest absolute Gasteiger partial charge is 0.105 e. The van der Waals surface area contributed by atoms with Gasteiger partial charge in [0.1, 0.15) is 6.10 Å². The highest BCUT2D eigenvalue weighted by molar-refractivity contribution is 14.1. The molecule has 0 aromatic heterocycles. The van der Waals surface area contributed by atoms with E-state index in [0.717, 1.165) is 0 Å². The Hall–Kier alpha value is 0.610. The van der Waals surface area contributed by atoms with Crippen LogP contribution in [-0.4, -0.2) is 34.1 Å². The van der Waals surface area contributed by atoms with Gasteiger partial charge in [-0.05, 0) is 0 Å². The molecule has 0 aliphatic heterocycles. The molecule has 4 heteroatoms. The topological polar surface area (TPSA) is 49.7 Å². The highest BCUT2D eigenvalue weighted by atomic mass is 127. The number of aliphatic hydroxyl groups excluding tert-OH is 2. The Morgan fingerprint density at radius 2 is 1.88 bits per heavy atom. The highest BCUT2D eigenvalue weighted by Gasteiger charge is 2.02. The largest absolute Gasteiger partial charge is 0.394 e. The molecule has 0 rings (SSSR count). The molecule has 0 fully saturated rings. The van der Waals surface area contributed by atoms with E-state index in [2.05, 4.69) is 0 Å². The Labute approximate surface area is 61.8 Å². The van der Waals surface area contributed by atoms with Crippen molar-refractivity contribution in [2.24, 2.45) is 0 Å². The quantitative estimate of drug-likeness (QED) is 0.519. The molecule has 0 radical (unpaired) electrons. The second-order valence-electron chi connectivity index (χ2n) is 1.26. The van der Waals surface area contributed by atoms with E-state index in [4.69, 9.17) is 14.9 Å². The minimum absolute atomic E-state index is 0.112. The maximum absolute atomic E-state index is 8.37. The van der Waals surface area contributed by atoms with E-state index in [-0.39, 0.29) is 13.2 Å². The summed E-state index contributed by atoms with van der Waals surface area (Å²) in [5.41, 5.74) is 0. The zero-order valence-electron chi connectivity index (χ0n) is 4.38. The second-order valence-corrected chi connectivity index (χ2v) is 1.89. The lowest BCUT2D eigenvalue weighted by Gasteiger charge is -2.08. The van der Waals surface area contributed by atoms with Crippen LogP contribution in [-0.2, 0) is 4.74 Å². The maximum atomic E-state index is 8.37. The third kappa shape index (κ3) is 3.59. The Kier molecular flexibility index (Phi) is 6.18. The Morgan fingerprint density at radius 1 is 1.38 bits per heavy atom. The van der Waals surface area contributed by atoms with Gasteiger partial charge in [0.15, 0.2) is 0 Å². The highest BCUT2D eigenvalue weighted by Crippen LogP contribution is 1.91. The summed E-state index contributed by atoms with van der Waals surface area (Å²) < 4.78 is 5.33. The van der Waals surface area contributed by atoms with Gasteiger partial charge in [0.25, 0.3) is 0 Å². The summed E-state index contributed by atoms with van der Waals surface area (Å²) in [7, 11) is 0. The number of rotatable bonds is 4. The van der Waals surface area contributed by atoms with Crippen LogP contribution in [0, 0.1) is 0 Å². The van der Waals surface area contributed by atoms with Crippen molar-refractivity contribution in [1.29, 1.82) is 0 Å². The van der Waals surface area contributed by atoms with Gasteiger partial charge in [-0.25, -0.2) is 0 Å². The molecule has 0 unspecified atom stereocenters. The molecule has 0 saturated heterocycles. The van der Waals surface area contributed by atoms with E-state index in [1.165, 1.54) is 0 Å². The van der Waals surface area contributed by atoms with Gasteiger partial charge in [-0.15, -0.1) is 0 Å². The molecular formula is C4H9IO3. The summed E-state index contributed by atoms with van der Waals surface area (Å²) in [6.45, 7) is -0.223. The Morgan fingerprint density at radius 3 is 2.00 bits per heavy atom. The first kappa shape index (κ1) is 8.61. The zero-order chi connectivity index (χ0) is 6.41. The first-order valence-electron chi connectivity index (χ1n) is 2.24. The summed E-state index contributed by atoms with van der Waals surface area (Å²) in [5, 5.41) is 16.7. The van der Waals surface area contributed by atoms with Crippen molar-refractivity contribution >= 4 is 22.6 Å². The zero-order valence-corrected chi connectivity index (χ0v) is 6.54. The molecule has 0 aromatic rings. The first-order chi connectivity index (χ1) is 3.85. The molecule has 2 N–H and O–H groups in total. The molecule has 0 heterocycles. The SMILES string of the molecule is OCC(CO)OCI. The summed E-state index contributed by atoms with van der Waals surface area (Å²) in [6, 6.07) is 0. The van der Waals surface area contributed by atoms with E-state index in [1.54, 1.807) is 0 Å². The Balaban J connectivity index is 3.07. The number of alkyl halides is 1. The van der Waals surface area contributed by atoms with Crippen molar-refractivity contribution in [3.05, 3.63) is 0 Å². The van der Waals surface area contributed by atoms with Gasteiger partial charge in [-0.3, -0.25) is 0 Å². The number of hydrogen-bond donors (Lipinski definition) is 2. The van der Waals surface area contributed by atoms with Crippen LogP contribution in [0.4, 0.5) is 0 Å². The van der Waals surface area contributed by atoms with Gasteiger partial charge >= 0.3 is 0 Å². The molecule has 50 valence electrons. The van der Waals surface area contributed by atoms with Crippen molar-refractivity contribution in [2.45, 2.75) is 6.10 Å². The fourth-order valence-corrected chi connectivity index (χ4v) is 0.761. The summed E-state index contributed by atoms with van der Waals surface area (Å²) >= 11 is 2.00. The molecule has 0 aliphatic carbocycles. The van der Waals surface area contributed by atoms with Crippen molar-refractivity contribution in [2.75, 3.05) is 17.8 Å². The second kappa shape index (κ2) is 5.74. The summed E-state index contributed by atoms with van der Waals surface area (Å²) in [4.78, 5) is 0. The van der Waals surface area contributed by atoms with Gasteiger partial charge in [0.05, 0.1) is 17.8 Å². The lowest BCUT2D eigenvalue weighted by Crippen LogP contribution is -2.20. The van der Waals surface area contributed by atoms with Gasteiger partial charge in [-0.1, -0.05) is 22.6 Å². The van der Waals surface area contributed by atoms with Crippen molar-refractivity contribution in [1.82, 2.24) is 0 Å². The van der Waals surface area contributed by atoms with Crippen LogP contribution in [0.2, 0.25) is 0 Å². The number of aliphatic hydroxyl groups is 2. The molecule has 0 atom stereocenters. The molecule has 0 saturated carbocycles. The average molecular weight is 232 g/mol. The maximum Gasteiger partial charge on any atom is 0.105 e. The predicted molar refractivity (Wildman–Crippen MR) is 37.9 cm³/mol. The molecular weight excluding hydrogens is 223 g/mol. The lowest BCUT2D eigenvalue weighted by atomic mass is 10.4. The van der Waals surface area contributed by atoms with Crippen LogP contribution in [0.25, 0.3) is 0 Å². The summed E-state index contributed by atoms with van der Waals surface area (Å²) in [5.74, 6) is 0. The number of ether oxygens (including phenoxy) is 1. The van der Waals surface area contributed by atoms with E-state index in [0.29, 0.717) is 4.61 Å². The van der Waals surface area contributed by atoms with E-state index in [1.807, 2.05) is 22.6 Å². The summed E-state index contributed by atoms with van der Waals surface area (Å²) in [6.07, 6.45) is -0.396. The van der Waals surface area contributed by atoms with Crippen LogP contribution < -0.4 is 0 Å². The third-order valence-corrected chi connectivity index (χ3v) is 1.07. The van der Waals surface area contributed by atoms with Crippen LogP contribution in [0.3, 0.4) is 0 Å². The molecule has 0 aliphatic rings. The monoisotopic (exact) mass is 232 g/mol. The third-order valence-electron chi connectivity index (χ3n) is 0.706. The van der Waals surface area contributed by atoms with Crippen molar-refractivity contribution in [3.8, 4) is 0 Å². The molecule has 0 aromatic carbocycles. The average Bonchev–Trinajstić information content (AvgIpc) is 1.83. The standard InChI is InChI=1S/C4H9IO3/c5-3-8-4(1-6)2-7/h4,6-7H,1-3H2.